The number of amides is 2. The molecule has 0 aliphatic carbocycles. The van der Waals surface area contributed by atoms with Crippen molar-refractivity contribution in [2.75, 3.05) is 23.9 Å². The number of anilines is 1. The van der Waals surface area contributed by atoms with E-state index >= 15 is 0 Å². The van der Waals surface area contributed by atoms with E-state index in [4.69, 9.17) is 9.47 Å². The van der Waals surface area contributed by atoms with Gasteiger partial charge in [-0.15, -0.1) is 0 Å². The van der Waals surface area contributed by atoms with E-state index < -0.39 is 28.5 Å². The van der Waals surface area contributed by atoms with Crippen molar-refractivity contribution in [2.45, 2.75) is 45.3 Å². The molecule has 0 bridgehead atoms. The van der Waals surface area contributed by atoms with Crippen molar-refractivity contribution in [3.63, 3.8) is 0 Å². The molecule has 2 amide bonds. The van der Waals surface area contributed by atoms with E-state index in [-0.39, 0.29) is 37.4 Å². The van der Waals surface area contributed by atoms with Gasteiger partial charge in [-0.25, -0.2) is 8.42 Å². The molecule has 3 aromatic carbocycles. The van der Waals surface area contributed by atoms with Gasteiger partial charge in [0.25, 0.3) is 0 Å². The summed E-state index contributed by atoms with van der Waals surface area (Å²) in [5.74, 6) is 0.0686. The first-order chi connectivity index (χ1) is 19.5. The first-order valence-electron chi connectivity index (χ1n) is 13.3. The van der Waals surface area contributed by atoms with Gasteiger partial charge in [-0.1, -0.05) is 65.3 Å². The smallest absolute Gasteiger partial charge is 0.244 e. The molecule has 1 aliphatic heterocycles. The average molecular weight is 645 g/mol. The summed E-state index contributed by atoms with van der Waals surface area (Å²) in [4.78, 5) is 29.3. The Hall–Kier alpha value is -3.57. The standard InChI is InChI=1S/C30H34BrN3O6S/c1-4-21(2)32-30(36)26(16-22-8-6-5-7-9-22)33(18-23-10-12-24(31)13-11-23)29(35)19-34(41(3,37)38)25-14-15-27-28(17-25)40-20-39-27/h5-15,17,21,26H,4,16,18-20H2,1-3H3,(H,32,36). The van der Waals surface area contributed by atoms with Gasteiger partial charge in [-0.3, -0.25) is 13.9 Å². The maximum absolute atomic E-state index is 14.1. The van der Waals surface area contributed by atoms with E-state index in [2.05, 4.69) is 21.2 Å². The molecular formula is C30H34BrN3O6S. The van der Waals surface area contributed by atoms with E-state index in [1.54, 1.807) is 12.1 Å². The topological polar surface area (TPSA) is 105 Å². The lowest BCUT2D eigenvalue weighted by Gasteiger charge is -2.34. The second-order valence-corrected chi connectivity index (χ2v) is 12.8. The number of nitrogens with one attached hydrogen (secondary N) is 1. The Balaban J connectivity index is 1.72. The minimum atomic E-state index is -3.89. The van der Waals surface area contributed by atoms with Crippen molar-refractivity contribution in [3.05, 3.63) is 88.4 Å². The van der Waals surface area contributed by atoms with Gasteiger partial charge in [0.15, 0.2) is 11.5 Å². The van der Waals surface area contributed by atoms with Gasteiger partial charge in [0.05, 0.1) is 11.9 Å². The highest BCUT2D eigenvalue weighted by molar-refractivity contribution is 9.10. The van der Waals surface area contributed by atoms with E-state index in [0.717, 1.165) is 32.6 Å². The molecule has 9 nitrogen and oxygen atoms in total. The fourth-order valence-electron chi connectivity index (χ4n) is 4.44. The van der Waals surface area contributed by atoms with Crippen molar-refractivity contribution in [3.8, 4) is 11.5 Å². The molecule has 3 aromatic rings. The fourth-order valence-corrected chi connectivity index (χ4v) is 5.54. The zero-order valence-corrected chi connectivity index (χ0v) is 25.7. The van der Waals surface area contributed by atoms with Crippen molar-refractivity contribution in [1.82, 2.24) is 10.2 Å². The van der Waals surface area contributed by atoms with Crippen LogP contribution in [0.2, 0.25) is 0 Å². The number of benzene rings is 3. The highest BCUT2D eigenvalue weighted by Crippen LogP contribution is 2.36. The molecular weight excluding hydrogens is 610 g/mol. The summed E-state index contributed by atoms with van der Waals surface area (Å²) in [6.07, 6.45) is 2.02. The van der Waals surface area contributed by atoms with Crippen LogP contribution in [0.25, 0.3) is 0 Å². The fraction of sp³-hybridized carbons (Fsp3) is 0.333. The molecule has 0 spiro atoms. The summed E-state index contributed by atoms with van der Waals surface area (Å²) in [6.45, 7) is 3.51. The largest absolute Gasteiger partial charge is 0.454 e. The first kappa shape index (κ1) is 30.4. The summed E-state index contributed by atoms with van der Waals surface area (Å²) in [6, 6.07) is 20.6. The zero-order chi connectivity index (χ0) is 29.6. The molecule has 1 aliphatic rings. The van der Waals surface area contributed by atoms with Crippen LogP contribution >= 0.6 is 15.9 Å². The van der Waals surface area contributed by atoms with Gasteiger partial charge < -0.3 is 19.7 Å². The SMILES string of the molecule is CCC(C)NC(=O)C(Cc1ccccc1)N(Cc1ccc(Br)cc1)C(=O)CN(c1ccc2c(c1)OCO2)S(C)(=O)=O. The summed E-state index contributed by atoms with van der Waals surface area (Å²) in [5.41, 5.74) is 1.93. The lowest BCUT2D eigenvalue weighted by Crippen LogP contribution is -2.54. The Morgan fingerprint density at radius 1 is 0.976 bits per heavy atom. The van der Waals surface area contributed by atoms with Crippen molar-refractivity contribution < 1.29 is 27.5 Å². The van der Waals surface area contributed by atoms with Crippen LogP contribution in [0.3, 0.4) is 0 Å². The Morgan fingerprint density at radius 3 is 2.32 bits per heavy atom. The molecule has 0 radical (unpaired) electrons. The zero-order valence-electron chi connectivity index (χ0n) is 23.2. The Kier molecular flexibility index (Phi) is 9.93. The lowest BCUT2D eigenvalue weighted by molar-refractivity contribution is -0.140. The van der Waals surface area contributed by atoms with Crippen LogP contribution < -0.4 is 19.1 Å². The highest BCUT2D eigenvalue weighted by atomic mass is 79.9. The van der Waals surface area contributed by atoms with Crippen molar-refractivity contribution in [2.24, 2.45) is 0 Å². The van der Waals surface area contributed by atoms with Gasteiger partial charge in [0, 0.05) is 29.5 Å². The number of halogens is 1. The molecule has 1 heterocycles. The van der Waals surface area contributed by atoms with Gasteiger partial charge in [0.2, 0.25) is 28.6 Å². The second kappa shape index (κ2) is 13.4. The second-order valence-electron chi connectivity index (χ2n) is 9.98. The quantitative estimate of drug-likeness (QED) is 0.312. The van der Waals surface area contributed by atoms with E-state index in [9.17, 15) is 18.0 Å². The van der Waals surface area contributed by atoms with Crippen LogP contribution in [-0.2, 0) is 32.6 Å². The maximum atomic E-state index is 14.1. The number of ether oxygens (including phenoxy) is 2. The maximum Gasteiger partial charge on any atom is 0.244 e. The third kappa shape index (κ3) is 8.01. The van der Waals surface area contributed by atoms with Crippen LogP contribution in [0, 0.1) is 0 Å². The lowest BCUT2D eigenvalue weighted by atomic mass is 10.0. The van der Waals surface area contributed by atoms with Gasteiger partial charge in [0.1, 0.15) is 12.6 Å². The molecule has 0 saturated heterocycles. The van der Waals surface area contributed by atoms with Crippen molar-refractivity contribution in [1.29, 1.82) is 0 Å². The van der Waals surface area contributed by atoms with Gasteiger partial charge in [-0.05, 0) is 48.7 Å². The van der Waals surface area contributed by atoms with Crippen LogP contribution in [0.5, 0.6) is 11.5 Å². The van der Waals surface area contributed by atoms with E-state index in [1.165, 1.54) is 11.0 Å². The normalized spacial score (nSPS) is 13.8. The predicted octanol–water partition coefficient (Wildman–Crippen LogP) is 4.50. The molecule has 1 N–H and O–H groups in total. The summed E-state index contributed by atoms with van der Waals surface area (Å²) in [5, 5.41) is 3.02. The van der Waals surface area contributed by atoms with Crippen LogP contribution in [-0.4, -0.2) is 56.8 Å². The van der Waals surface area contributed by atoms with Crippen LogP contribution in [0.1, 0.15) is 31.4 Å². The summed E-state index contributed by atoms with van der Waals surface area (Å²) >= 11 is 3.44. The molecule has 0 saturated carbocycles. The molecule has 11 heteroatoms. The molecule has 0 fully saturated rings. The summed E-state index contributed by atoms with van der Waals surface area (Å²) in [7, 11) is -3.89. The summed E-state index contributed by atoms with van der Waals surface area (Å²) < 4.78 is 38.6. The molecule has 2 atom stereocenters. The number of carbonyl (C=O) groups is 2. The molecule has 41 heavy (non-hydrogen) atoms. The third-order valence-electron chi connectivity index (χ3n) is 6.86. The number of hydrogen-bond acceptors (Lipinski definition) is 6. The molecule has 0 aromatic heterocycles. The molecule has 2 unspecified atom stereocenters. The first-order valence-corrected chi connectivity index (χ1v) is 15.9. The third-order valence-corrected chi connectivity index (χ3v) is 8.53. The number of hydrogen-bond donors (Lipinski definition) is 1. The average Bonchev–Trinajstić information content (AvgIpc) is 3.42. The van der Waals surface area contributed by atoms with Crippen molar-refractivity contribution >= 4 is 43.5 Å². The Morgan fingerprint density at radius 2 is 1.66 bits per heavy atom. The van der Waals surface area contributed by atoms with E-state index in [1.807, 2.05) is 68.4 Å². The Bertz CT molecular complexity index is 1470. The number of rotatable bonds is 12. The number of nitrogens with zero attached hydrogens (tertiary/aromatic N) is 2. The van der Waals surface area contributed by atoms with Gasteiger partial charge >= 0.3 is 0 Å². The monoisotopic (exact) mass is 643 g/mol. The Labute approximate surface area is 249 Å². The molecule has 4 rings (SSSR count). The minimum Gasteiger partial charge on any atom is -0.454 e. The predicted molar refractivity (Wildman–Crippen MR) is 161 cm³/mol. The highest BCUT2D eigenvalue weighted by Gasteiger charge is 2.33. The number of fused-ring (bicyclic) bond motifs is 1. The minimum absolute atomic E-state index is 0.0318. The molecule has 218 valence electrons. The van der Waals surface area contributed by atoms with Gasteiger partial charge in [-0.2, -0.15) is 0 Å². The number of sulfonamides is 1. The van der Waals surface area contributed by atoms with E-state index in [0.29, 0.717) is 11.5 Å². The number of carbonyl (C=O) groups excluding carboxylic acids is 2. The van der Waals surface area contributed by atoms with Crippen LogP contribution in [0.15, 0.2) is 77.3 Å². The van der Waals surface area contributed by atoms with Crippen LogP contribution in [0.4, 0.5) is 5.69 Å².